The Bertz CT molecular complexity index is 1290. The Morgan fingerprint density at radius 1 is 0.706 bits per heavy atom. The van der Waals surface area contributed by atoms with Crippen molar-refractivity contribution in [2.24, 2.45) is 0 Å². The molecule has 0 saturated carbocycles. The van der Waals surface area contributed by atoms with Crippen LogP contribution in [0.3, 0.4) is 0 Å². The summed E-state index contributed by atoms with van der Waals surface area (Å²) in [6.45, 7) is 2.34. The molecule has 0 heterocycles. The maximum absolute atomic E-state index is 11.1. The molecule has 0 aliphatic carbocycles. The van der Waals surface area contributed by atoms with Crippen LogP contribution >= 0.6 is 0 Å². The molecule has 0 unspecified atom stereocenters. The van der Waals surface area contributed by atoms with Crippen LogP contribution in [0.4, 0.5) is 0 Å². The Labute approximate surface area is 198 Å². The lowest BCUT2D eigenvalue weighted by molar-refractivity contribution is 0.289. The number of aryl methyl sites for hydroxylation is 1. The van der Waals surface area contributed by atoms with Crippen molar-refractivity contribution in [2.75, 3.05) is 14.2 Å². The summed E-state index contributed by atoms with van der Waals surface area (Å²) in [6, 6.07) is 21.2. The molecule has 0 radical (unpaired) electrons. The molecular weight excluding hydrogens is 432 g/mol. The maximum atomic E-state index is 11.1. The highest BCUT2D eigenvalue weighted by atomic mass is 16.5. The van der Waals surface area contributed by atoms with Crippen molar-refractivity contribution in [1.82, 2.24) is 0 Å². The zero-order valence-electron chi connectivity index (χ0n) is 19.2. The van der Waals surface area contributed by atoms with E-state index in [1.165, 1.54) is 20.3 Å². The fourth-order valence-corrected chi connectivity index (χ4v) is 3.77. The molecule has 4 aromatic carbocycles. The molecule has 0 bridgehead atoms. The van der Waals surface area contributed by atoms with Gasteiger partial charge in [-0.3, -0.25) is 0 Å². The first-order chi connectivity index (χ1) is 16.4. The molecule has 6 heteroatoms. The maximum Gasteiger partial charge on any atom is 0.170 e. The minimum absolute atomic E-state index is 0.0624. The van der Waals surface area contributed by atoms with Gasteiger partial charge in [0.25, 0.3) is 0 Å². The molecule has 174 valence electrons. The molecule has 4 aromatic rings. The quantitative estimate of drug-likeness (QED) is 0.313. The number of phenolic OH excluding ortho intramolecular Hbond substituents is 3. The molecule has 6 nitrogen and oxygen atoms in total. The summed E-state index contributed by atoms with van der Waals surface area (Å²) >= 11 is 0. The van der Waals surface area contributed by atoms with Crippen molar-refractivity contribution in [2.45, 2.75) is 13.5 Å². The average Bonchev–Trinajstić information content (AvgIpc) is 2.84. The lowest BCUT2D eigenvalue weighted by Gasteiger charge is -2.18. The van der Waals surface area contributed by atoms with Crippen LogP contribution in [0.15, 0.2) is 72.8 Å². The molecule has 3 N–H and O–H groups in total. The number of phenols is 3. The Balaban J connectivity index is 1.69. The van der Waals surface area contributed by atoms with Gasteiger partial charge in [-0.15, -0.1) is 0 Å². The van der Waals surface area contributed by atoms with E-state index in [2.05, 4.69) is 0 Å². The number of aromatic hydroxyl groups is 3. The minimum Gasteiger partial charge on any atom is -0.508 e. The highest BCUT2D eigenvalue weighted by Crippen LogP contribution is 2.50. The average molecular weight is 459 g/mol. The van der Waals surface area contributed by atoms with Crippen LogP contribution in [0.25, 0.3) is 22.3 Å². The van der Waals surface area contributed by atoms with E-state index in [4.69, 9.17) is 14.2 Å². The summed E-state index contributed by atoms with van der Waals surface area (Å²) in [6.07, 6.45) is 0. The smallest absolute Gasteiger partial charge is 0.170 e. The number of ether oxygens (including phenoxy) is 3. The predicted molar refractivity (Wildman–Crippen MR) is 131 cm³/mol. The van der Waals surface area contributed by atoms with Crippen molar-refractivity contribution in [3.8, 4) is 56.8 Å². The van der Waals surface area contributed by atoms with E-state index in [1.54, 1.807) is 42.5 Å². The molecule has 0 spiro atoms. The van der Waals surface area contributed by atoms with Crippen molar-refractivity contribution in [3.05, 3.63) is 83.9 Å². The van der Waals surface area contributed by atoms with Crippen LogP contribution in [-0.2, 0) is 6.61 Å². The van der Waals surface area contributed by atoms with Crippen LogP contribution in [0.2, 0.25) is 0 Å². The molecule has 0 atom stereocenters. The zero-order valence-corrected chi connectivity index (χ0v) is 19.2. The second-order valence-corrected chi connectivity index (χ2v) is 7.89. The van der Waals surface area contributed by atoms with E-state index < -0.39 is 0 Å². The Morgan fingerprint density at radius 2 is 1.38 bits per heavy atom. The summed E-state index contributed by atoms with van der Waals surface area (Å²) in [4.78, 5) is 0. The van der Waals surface area contributed by atoms with E-state index in [-0.39, 0.29) is 23.0 Å². The van der Waals surface area contributed by atoms with Crippen molar-refractivity contribution in [1.29, 1.82) is 0 Å². The van der Waals surface area contributed by atoms with Crippen LogP contribution in [0, 0.1) is 6.92 Å². The summed E-state index contributed by atoms with van der Waals surface area (Å²) in [5, 5.41) is 31.3. The molecule has 0 amide bonds. The molecule has 4 rings (SSSR count). The molecular formula is C28H26O6. The zero-order chi connectivity index (χ0) is 24.2. The van der Waals surface area contributed by atoms with Crippen LogP contribution in [0.5, 0.6) is 34.5 Å². The second kappa shape index (κ2) is 9.67. The van der Waals surface area contributed by atoms with Crippen LogP contribution in [-0.4, -0.2) is 29.5 Å². The van der Waals surface area contributed by atoms with Crippen LogP contribution in [0.1, 0.15) is 11.1 Å². The van der Waals surface area contributed by atoms with E-state index in [9.17, 15) is 15.3 Å². The number of rotatable bonds is 7. The van der Waals surface area contributed by atoms with E-state index in [1.807, 2.05) is 31.2 Å². The standard InChI is InChI=1S/C28H26O6/c1-17-4-6-18(7-5-17)16-34-24-13-10-20(14-23(24)30)26-25(32-2)15-22(28(33-3)27(26)31)19-8-11-21(29)12-9-19/h4-15,29-31H,16H2,1-3H3. The van der Waals surface area contributed by atoms with Crippen molar-refractivity contribution < 1.29 is 29.5 Å². The van der Waals surface area contributed by atoms with Gasteiger partial charge in [-0.2, -0.15) is 0 Å². The highest BCUT2D eigenvalue weighted by molar-refractivity contribution is 5.88. The van der Waals surface area contributed by atoms with Gasteiger partial charge in [0, 0.05) is 5.56 Å². The van der Waals surface area contributed by atoms with Gasteiger partial charge in [0.15, 0.2) is 23.0 Å². The summed E-state index contributed by atoms with van der Waals surface area (Å²) in [7, 11) is 2.97. The lowest BCUT2D eigenvalue weighted by atomic mass is 9.96. The monoisotopic (exact) mass is 458 g/mol. The molecule has 0 saturated heterocycles. The van der Waals surface area contributed by atoms with Gasteiger partial charge in [-0.1, -0.05) is 48.0 Å². The van der Waals surface area contributed by atoms with Crippen molar-refractivity contribution >= 4 is 0 Å². The Hall–Kier alpha value is -4.32. The van der Waals surface area contributed by atoms with E-state index in [0.717, 1.165) is 16.7 Å². The first kappa shape index (κ1) is 22.9. The minimum atomic E-state index is -0.127. The van der Waals surface area contributed by atoms with Gasteiger partial charge in [0.05, 0.1) is 19.8 Å². The summed E-state index contributed by atoms with van der Waals surface area (Å²) in [5.41, 5.74) is 4.40. The fourth-order valence-electron chi connectivity index (χ4n) is 3.77. The number of benzene rings is 4. The highest BCUT2D eigenvalue weighted by Gasteiger charge is 2.22. The van der Waals surface area contributed by atoms with Gasteiger partial charge >= 0.3 is 0 Å². The third kappa shape index (κ3) is 4.57. The topological polar surface area (TPSA) is 88.4 Å². The first-order valence-corrected chi connectivity index (χ1v) is 10.7. The van der Waals surface area contributed by atoms with Gasteiger partial charge in [0.1, 0.15) is 18.1 Å². The third-order valence-corrected chi connectivity index (χ3v) is 5.58. The number of hydrogen-bond donors (Lipinski definition) is 3. The van der Waals surface area contributed by atoms with Gasteiger partial charge < -0.3 is 29.5 Å². The second-order valence-electron chi connectivity index (χ2n) is 7.89. The fraction of sp³-hybridized carbons (Fsp3) is 0.143. The van der Waals surface area contributed by atoms with Gasteiger partial charge in [0.2, 0.25) is 0 Å². The number of hydrogen-bond acceptors (Lipinski definition) is 6. The molecule has 0 fully saturated rings. The summed E-state index contributed by atoms with van der Waals surface area (Å²) < 4.78 is 16.9. The predicted octanol–water partition coefficient (Wildman–Crippen LogP) is 6.04. The normalized spacial score (nSPS) is 10.7. The van der Waals surface area contributed by atoms with Crippen molar-refractivity contribution in [3.63, 3.8) is 0 Å². The lowest BCUT2D eigenvalue weighted by Crippen LogP contribution is -1.97. The van der Waals surface area contributed by atoms with Gasteiger partial charge in [-0.05, 0) is 53.9 Å². The molecule has 34 heavy (non-hydrogen) atoms. The largest absolute Gasteiger partial charge is 0.508 e. The number of methoxy groups -OCH3 is 2. The van der Waals surface area contributed by atoms with Gasteiger partial charge in [-0.25, -0.2) is 0 Å². The molecule has 0 aliphatic heterocycles. The summed E-state index contributed by atoms with van der Waals surface area (Å²) in [5.74, 6) is 0.922. The van der Waals surface area contributed by atoms with Crippen LogP contribution < -0.4 is 14.2 Å². The Morgan fingerprint density at radius 3 is 2.00 bits per heavy atom. The first-order valence-electron chi connectivity index (χ1n) is 10.7. The SMILES string of the molecule is COc1cc(-c2ccc(O)cc2)c(OC)c(O)c1-c1ccc(OCc2ccc(C)cc2)c(O)c1. The third-order valence-electron chi connectivity index (χ3n) is 5.58. The van der Waals surface area contributed by atoms with E-state index in [0.29, 0.717) is 34.8 Å². The van der Waals surface area contributed by atoms with E-state index >= 15 is 0 Å². The molecule has 0 aliphatic rings. The molecule has 0 aromatic heterocycles. The Kier molecular flexibility index (Phi) is 6.50.